The van der Waals surface area contributed by atoms with Crippen LogP contribution >= 0.6 is 22.9 Å². The second-order valence-corrected chi connectivity index (χ2v) is 4.46. The fourth-order valence-corrected chi connectivity index (χ4v) is 2.19. The lowest BCUT2D eigenvalue weighted by Crippen LogP contribution is -2.10. The molecule has 0 aliphatic heterocycles. The van der Waals surface area contributed by atoms with Crippen molar-refractivity contribution in [3.05, 3.63) is 27.7 Å². The normalized spacial score (nSPS) is 12.2. The number of ether oxygens (including phenoxy) is 1. The number of hydrogen-bond donors (Lipinski definition) is 1. The highest BCUT2D eigenvalue weighted by atomic mass is 35.5. The van der Waals surface area contributed by atoms with Crippen molar-refractivity contribution in [3.8, 4) is 6.01 Å². The van der Waals surface area contributed by atoms with Crippen LogP contribution in [0.2, 0.25) is 5.28 Å². The minimum absolute atomic E-state index is 0.101. The zero-order chi connectivity index (χ0) is 12.3. The number of anilines is 1. The molecule has 2 aromatic rings. The smallest absolute Gasteiger partial charge is 0.322 e. The molecule has 0 saturated heterocycles. The molecule has 0 saturated carbocycles. The van der Waals surface area contributed by atoms with Crippen LogP contribution in [0, 0.1) is 0 Å². The minimum atomic E-state index is 0.101. The molecule has 0 aromatic carbocycles. The fourth-order valence-electron chi connectivity index (χ4n) is 1.29. The highest BCUT2D eigenvalue weighted by molar-refractivity contribution is 7.07. The van der Waals surface area contributed by atoms with Crippen LogP contribution in [-0.4, -0.2) is 22.1 Å². The molecule has 0 fully saturated rings. The van der Waals surface area contributed by atoms with Crippen molar-refractivity contribution >= 4 is 28.9 Å². The van der Waals surface area contributed by atoms with Gasteiger partial charge in [0.1, 0.15) is 0 Å². The van der Waals surface area contributed by atoms with E-state index in [1.165, 1.54) is 12.7 Å². The Hall–Kier alpha value is -1.40. The van der Waals surface area contributed by atoms with Crippen molar-refractivity contribution in [2.45, 2.75) is 13.0 Å². The van der Waals surface area contributed by atoms with Crippen molar-refractivity contribution < 1.29 is 4.74 Å². The van der Waals surface area contributed by atoms with Crippen LogP contribution in [-0.2, 0) is 0 Å². The summed E-state index contributed by atoms with van der Waals surface area (Å²) in [5.41, 5.74) is 1.17. The van der Waals surface area contributed by atoms with Gasteiger partial charge in [-0.05, 0) is 40.9 Å². The summed E-state index contributed by atoms with van der Waals surface area (Å²) in [5, 5.41) is 7.34. The Morgan fingerprint density at radius 3 is 2.88 bits per heavy atom. The summed E-state index contributed by atoms with van der Waals surface area (Å²) in [5.74, 6) is 0.403. The molecular formula is C10H11ClN4OS. The van der Waals surface area contributed by atoms with E-state index in [-0.39, 0.29) is 17.3 Å². The highest BCUT2D eigenvalue weighted by Gasteiger charge is 2.10. The maximum absolute atomic E-state index is 5.76. The van der Waals surface area contributed by atoms with Crippen molar-refractivity contribution in [2.24, 2.45) is 0 Å². The van der Waals surface area contributed by atoms with Gasteiger partial charge in [0.25, 0.3) is 0 Å². The zero-order valence-corrected chi connectivity index (χ0v) is 10.9. The number of halogens is 1. The molecule has 2 rings (SSSR count). The Kier molecular flexibility index (Phi) is 3.75. The largest absolute Gasteiger partial charge is 0.467 e. The van der Waals surface area contributed by atoms with Crippen molar-refractivity contribution in [2.75, 3.05) is 12.4 Å². The first kappa shape index (κ1) is 12.1. The van der Waals surface area contributed by atoms with Gasteiger partial charge in [0.05, 0.1) is 13.2 Å². The lowest BCUT2D eigenvalue weighted by atomic mass is 10.2. The van der Waals surface area contributed by atoms with E-state index in [1.54, 1.807) is 11.3 Å². The Morgan fingerprint density at radius 1 is 1.41 bits per heavy atom. The Bertz CT molecular complexity index is 491. The summed E-state index contributed by atoms with van der Waals surface area (Å²) in [6.45, 7) is 2.02. The second kappa shape index (κ2) is 5.29. The molecule has 0 aliphatic rings. The first-order valence-electron chi connectivity index (χ1n) is 4.93. The molecule has 17 heavy (non-hydrogen) atoms. The topological polar surface area (TPSA) is 59.9 Å². The molecule has 0 aliphatic carbocycles. The van der Waals surface area contributed by atoms with Gasteiger partial charge in [-0.15, -0.1) is 0 Å². The van der Waals surface area contributed by atoms with Gasteiger partial charge in [-0.1, -0.05) is 0 Å². The molecule has 90 valence electrons. The number of hydrogen-bond acceptors (Lipinski definition) is 6. The first-order valence-corrected chi connectivity index (χ1v) is 6.25. The van der Waals surface area contributed by atoms with Gasteiger partial charge >= 0.3 is 6.01 Å². The number of methoxy groups -OCH3 is 1. The summed E-state index contributed by atoms with van der Waals surface area (Å²) in [4.78, 5) is 11.9. The van der Waals surface area contributed by atoms with Gasteiger partial charge < -0.3 is 10.1 Å². The van der Waals surface area contributed by atoms with E-state index in [2.05, 4.69) is 25.6 Å². The van der Waals surface area contributed by atoms with Crippen LogP contribution in [0.5, 0.6) is 6.01 Å². The Morgan fingerprint density at radius 2 is 2.24 bits per heavy atom. The SMILES string of the molecule is COc1nc(Cl)nc(NC(C)c2ccsc2)n1. The molecule has 2 aromatic heterocycles. The maximum atomic E-state index is 5.76. The molecule has 1 N–H and O–H groups in total. The molecule has 1 unspecified atom stereocenters. The van der Waals surface area contributed by atoms with Gasteiger partial charge in [-0.2, -0.15) is 26.3 Å². The minimum Gasteiger partial charge on any atom is -0.467 e. The second-order valence-electron chi connectivity index (χ2n) is 3.34. The molecule has 0 amide bonds. The van der Waals surface area contributed by atoms with Crippen molar-refractivity contribution in [3.63, 3.8) is 0 Å². The summed E-state index contributed by atoms with van der Waals surface area (Å²) >= 11 is 7.40. The molecule has 5 nitrogen and oxygen atoms in total. The van der Waals surface area contributed by atoms with Crippen LogP contribution in [0.3, 0.4) is 0 Å². The fraction of sp³-hybridized carbons (Fsp3) is 0.300. The van der Waals surface area contributed by atoms with Gasteiger partial charge in [-0.3, -0.25) is 0 Å². The monoisotopic (exact) mass is 270 g/mol. The van der Waals surface area contributed by atoms with E-state index in [0.29, 0.717) is 5.95 Å². The maximum Gasteiger partial charge on any atom is 0.322 e. The van der Waals surface area contributed by atoms with Crippen LogP contribution in [0.1, 0.15) is 18.5 Å². The van der Waals surface area contributed by atoms with Crippen LogP contribution in [0.4, 0.5) is 5.95 Å². The first-order chi connectivity index (χ1) is 8.19. The third-order valence-electron chi connectivity index (χ3n) is 2.16. The molecule has 7 heteroatoms. The van der Waals surface area contributed by atoms with Crippen LogP contribution in [0.15, 0.2) is 16.8 Å². The molecule has 1 atom stereocenters. The van der Waals surface area contributed by atoms with E-state index < -0.39 is 0 Å². The van der Waals surface area contributed by atoms with Gasteiger partial charge in [0, 0.05) is 0 Å². The van der Waals surface area contributed by atoms with Crippen LogP contribution in [0.25, 0.3) is 0 Å². The average molecular weight is 271 g/mol. The number of nitrogens with one attached hydrogen (secondary N) is 1. The van der Waals surface area contributed by atoms with Crippen molar-refractivity contribution in [1.29, 1.82) is 0 Å². The summed E-state index contributed by atoms with van der Waals surface area (Å²) in [6, 6.07) is 2.34. The predicted molar refractivity (Wildman–Crippen MR) is 67.7 cm³/mol. The molecular weight excluding hydrogens is 260 g/mol. The van der Waals surface area contributed by atoms with E-state index >= 15 is 0 Å². The average Bonchev–Trinajstić information content (AvgIpc) is 2.81. The quantitative estimate of drug-likeness (QED) is 0.926. The summed E-state index contributed by atoms with van der Waals surface area (Å²) < 4.78 is 4.92. The van der Waals surface area contributed by atoms with Crippen molar-refractivity contribution in [1.82, 2.24) is 15.0 Å². The molecule has 2 heterocycles. The van der Waals surface area contributed by atoms with E-state index in [4.69, 9.17) is 16.3 Å². The molecule has 0 bridgehead atoms. The zero-order valence-electron chi connectivity index (χ0n) is 9.35. The standard InChI is InChI=1S/C10H11ClN4OS/c1-6(7-3-4-17-5-7)12-9-13-8(11)14-10(15-9)16-2/h3-6H,1-2H3,(H,12,13,14,15). The van der Waals surface area contributed by atoms with Gasteiger partial charge in [0.2, 0.25) is 11.2 Å². The number of rotatable bonds is 4. The van der Waals surface area contributed by atoms with Crippen LogP contribution < -0.4 is 10.1 Å². The summed E-state index contributed by atoms with van der Waals surface area (Å²) in [7, 11) is 1.48. The van der Waals surface area contributed by atoms with E-state index in [1.807, 2.05) is 18.4 Å². The lowest BCUT2D eigenvalue weighted by Gasteiger charge is -2.12. The Labute approximate surface area is 108 Å². The number of nitrogens with zero attached hydrogens (tertiary/aromatic N) is 3. The summed E-state index contributed by atoms with van der Waals surface area (Å²) in [6.07, 6.45) is 0. The third kappa shape index (κ3) is 3.04. The number of thiophene rings is 1. The van der Waals surface area contributed by atoms with Gasteiger partial charge in [-0.25, -0.2) is 0 Å². The Balaban J connectivity index is 2.15. The predicted octanol–water partition coefficient (Wildman–Crippen LogP) is 2.77. The number of aromatic nitrogens is 3. The third-order valence-corrected chi connectivity index (χ3v) is 3.03. The highest BCUT2D eigenvalue weighted by Crippen LogP contribution is 2.20. The lowest BCUT2D eigenvalue weighted by molar-refractivity contribution is 0.378. The van der Waals surface area contributed by atoms with E-state index in [0.717, 1.165) is 0 Å². The van der Waals surface area contributed by atoms with Gasteiger partial charge in [0.15, 0.2) is 0 Å². The molecule has 0 spiro atoms. The van der Waals surface area contributed by atoms with E-state index in [9.17, 15) is 0 Å². The molecule has 0 radical (unpaired) electrons.